The lowest BCUT2D eigenvalue weighted by Crippen LogP contribution is -2.34. The summed E-state index contributed by atoms with van der Waals surface area (Å²) in [7, 11) is 1.75. The molecule has 0 aromatic heterocycles. The third kappa shape index (κ3) is 5.01. The Morgan fingerprint density at radius 3 is 2.26 bits per heavy atom. The molecule has 1 amide bonds. The molecular formula is C14H20Cl2N2O. The van der Waals surface area contributed by atoms with E-state index < -0.39 is 0 Å². The van der Waals surface area contributed by atoms with Crippen LogP contribution in [0.4, 0.5) is 0 Å². The third-order valence-corrected chi connectivity index (χ3v) is 3.55. The van der Waals surface area contributed by atoms with Crippen molar-refractivity contribution in [3.05, 3.63) is 33.8 Å². The molecule has 19 heavy (non-hydrogen) atoms. The van der Waals surface area contributed by atoms with Gasteiger partial charge in [-0.1, -0.05) is 37.0 Å². The van der Waals surface area contributed by atoms with Gasteiger partial charge in [-0.3, -0.25) is 4.79 Å². The molecule has 0 aliphatic heterocycles. The number of amides is 1. The number of rotatable bonds is 5. The molecule has 0 aliphatic carbocycles. The molecule has 1 aromatic rings. The third-order valence-electron chi connectivity index (χ3n) is 3.11. The van der Waals surface area contributed by atoms with E-state index in [4.69, 9.17) is 28.9 Å². The van der Waals surface area contributed by atoms with Crippen LogP contribution in [0.25, 0.3) is 0 Å². The minimum atomic E-state index is -0.0969. The summed E-state index contributed by atoms with van der Waals surface area (Å²) in [6, 6.07) is 4.94. The highest BCUT2D eigenvalue weighted by molar-refractivity contribution is 6.35. The van der Waals surface area contributed by atoms with Crippen LogP contribution in [-0.2, 0) is 0 Å². The Labute approximate surface area is 124 Å². The maximum Gasteiger partial charge on any atom is 0.253 e. The zero-order valence-corrected chi connectivity index (χ0v) is 13.0. The zero-order valence-electron chi connectivity index (χ0n) is 11.5. The first kappa shape index (κ1) is 16.3. The van der Waals surface area contributed by atoms with Crippen LogP contribution in [0, 0.1) is 5.92 Å². The second-order valence-electron chi connectivity index (χ2n) is 5.08. The summed E-state index contributed by atoms with van der Waals surface area (Å²) in [4.78, 5) is 13.8. The van der Waals surface area contributed by atoms with Crippen LogP contribution in [0.3, 0.4) is 0 Å². The lowest BCUT2D eigenvalue weighted by atomic mass is 10.0. The molecule has 0 bridgehead atoms. The van der Waals surface area contributed by atoms with E-state index in [1.807, 2.05) is 0 Å². The average molecular weight is 303 g/mol. The smallest absolute Gasteiger partial charge is 0.253 e. The van der Waals surface area contributed by atoms with E-state index in [1.165, 1.54) is 0 Å². The van der Waals surface area contributed by atoms with E-state index in [2.05, 4.69) is 13.8 Å². The van der Waals surface area contributed by atoms with Crippen molar-refractivity contribution in [1.29, 1.82) is 0 Å². The lowest BCUT2D eigenvalue weighted by Gasteiger charge is -2.21. The molecule has 1 unspecified atom stereocenters. The largest absolute Gasteiger partial charge is 0.342 e. The van der Waals surface area contributed by atoms with Gasteiger partial charge < -0.3 is 10.6 Å². The van der Waals surface area contributed by atoms with E-state index >= 15 is 0 Å². The number of benzene rings is 1. The molecule has 0 saturated heterocycles. The normalized spacial score (nSPS) is 12.6. The summed E-state index contributed by atoms with van der Waals surface area (Å²) in [5.41, 5.74) is 6.47. The van der Waals surface area contributed by atoms with E-state index in [1.54, 1.807) is 30.1 Å². The van der Waals surface area contributed by atoms with Crippen LogP contribution in [0.5, 0.6) is 0 Å². The first-order valence-corrected chi connectivity index (χ1v) is 7.04. The minimum Gasteiger partial charge on any atom is -0.342 e. The van der Waals surface area contributed by atoms with Crippen LogP contribution in [0.1, 0.15) is 30.6 Å². The molecule has 1 aromatic carbocycles. The summed E-state index contributed by atoms with van der Waals surface area (Å²) in [6.07, 6.45) is 0.772. The van der Waals surface area contributed by atoms with Crippen molar-refractivity contribution in [2.45, 2.75) is 26.3 Å². The van der Waals surface area contributed by atoms with Gasteiger partial charge in [-0.05, 0) is 30.5 Å². The molecule has 0 heterocycles. The van der Waals surface area contributed by atoms with Crippen molar-refractivity contribution in [2.24, 2.45) is 11.7 Å². The Kier molecular flexibility index (Phi) is 6.11. The SMILES string of the molecule is CC(C)C(N)CCN(C)C(=O)c1cc(Cl)cc(Cl)c1. The number of nitrogens with zero attached hydrogens (tertiary/aromatic N) is 1. The topological polar surface area (TPSA) is 46.3 Å². The Morgan fingerprint density at radius 2 is 1.79 bits per heavy atom. The molecule has 3 nitrogen and oxygen atoms in total. The van der Waals surface area contributed by atoms with Crippen molar-refractivity contribution in [3.63, 3.8) is 0 Å². The predicted octanol–water partition coefficient (Wildman–Crippen LogP) is 3.44. The molecule has 1 rings (SSSR count). The van der Waals surface area contributed by atoms with Gasteiger partial charge in [-0.15, -0.1) is 0 Å². The molecule has 0 aliphatic rings. The molecule has 1 atom stereocenters. The summed E-state index contributed by atoms with van der Waals surface area (Å²) < 4.78 is 0. The highest BCUT2D eigenvalue weighted by Crippen LogP contribution is 2.20. The van der Waals surface area contributed by atoms with Gasteiger partial charge in [-0.2, -0.15) is 0 Å². The number of nitrogens with two attached hydrogens (primary N) is 1. The molecule has 0 fully saturated rings. The van der Waals surface area contributed by atoms with Crippen molar-refractivity contribution in [1.82, 2.24) is 4.90 Å². The number of carbonyl (C=O) groups is 1. The van der Waals surface area contributed by atoms with Crippen LogP contribution >= 0.6 is 23.2 Å². The maximum atomic E-state index is 12.2. The fraction of sp³-hybridized carbons (Fsp3) is 0.500. The predicted molar refractivity (Wildman–Crippen MR) is 80.9 cm³/mol. The standard InChI is InChI=1S/C14H20Cl2N2O/c1-9(2)13(17)4-5-18(3)14(19)10-6-11(15)8-12(16)7-10/h6-9,13H,4-5,17H2,1-3H3. The van der Waals surface area contributed by atoms with Gasteiger partial charge in [0.1, 0.15) is 0 Å². The van der Waals surface area contributed by atoms with Gasteiger partial charge in [0.25, 0.3) is 5.91 Å². The average Bonchev–Trinajstić information content (AvgIpc) is 2.33. The van der Waals surface area contributed by atoms with Gasteiger partial charge in [0.2, 0.25) is 0 Å². The fourth-order valence-corrected chi connectivity index (χ4v) is 2.20. The molecule has 0 radical (unpaired) electrons. The molecule has 0 saturated carbocycles. The summed E-state index contributed by atoms with van der Waals surface area (Å²) in [6.45, 7) is 4.76. The highest BCUT2D eigenvalue weighted by atomic mass is 35.5. The number of halogens is 2. The fourth-order valence-electron chi connectivity index (χ4n) is 1.68. The van der Waals surface area contributed by atoms with E-state index in [-0.39, 0.29) is 11.9 Å². The lowest BCUT2D eigenvalue weighted by molar-refractivity contribution is 0.0789. The van der Waals surface area contributed by atoms with Crippen LogP contribution in [-0.4, -0.2) is 30.4 Å². The maximum absolute atomic E-state index is 12.2. The number of carbonyl (C=O) groups excluding carboxylic acids is 1. The van der Waals surface area contributed by atoms with Crippen molar-refractivity contribution >= 4 is 29.1 Å². The van der Waals surface area contributed by atoms with Gasteiger partial charge in [0, 0.05) is 35.2 Å². The van der Waals surface area contributed by atoms with Crippen molar-refractivity contribution in [2.75, 3.05) is 13.6 Å². The van der Waals surface area contributed by atoms with Crippen LogP contribution in [0.15, 0.2) is 18.2 Å². The zero-order chi connectivity index (χ0) is 14.6. The van der Waals surface area contributed by atoms with Crippen molar-refractivity contribution < 1.29 is 4.79 Å². The minimum absolute atomic E-state index is 0.0956. The summed E-state index contributed by atoms with van der Waals surface area (Å²) >= 11 is 11.8. The first-order valence-electron chi connectivity index (χ1n) is 6.28. The summed E-state index contributed by atoms with van der Waals surface area (Å²) in [5.74, 6) is 0.310. The van der Waals surface area contributed by atoms with Gasteiger partial charge >= 0.3 is 0 Å². The van der Waals surface area contributed by atoms with Gasteiger partial charge in [0.15, 0.2) is 0 Å². The molecule has 106 valence electrons. The molecule has 0 spiro atoms. The first-order chi connectivity index (χ1) is 8.81. The van der Waals surface area contributed by atoms with Crippen LogP contribution < -0.4 is 5.73 Å². The van der Waals surface area contributed by atoms with Gasteiger partial charge in [-0.25, -0.2) is 0 Å². The Morgan fingerprint density at radius 1 is 1.26 bits per heavy atom. The Bertz CT molecular complexity index is 429. The second-order valence-corrected chi connectivity index (χ2v) is 5.95. The van der Waals surface area contributed by atoms with Crippen molar-refractivity contribution in [3.8, 4) is 0 Å². The van der Waals surface area contributed by atoms with Crippen LogP contribution in [0.2, 0.25) is 10.0 Å². The number of hydrogen-bond donors (Lipinski definition) is 1. The summed E-state index contributed by atoms with van der Waals surface area (Å²) in [5, 5.41) is 0.922. The highest BCUT2D eigenvalue weighted by Gasteiger charge is 2.15. The number of hydrogen-bond acceptors (Lipinski definition) is 2. The molecule has 5 heteroatoms. The quantitative estimate of drug-likeness (QED) is 0.905. The van der Waals surface area contributed by atoms with E-state index in [0.29, 0.717) is 28.1 Å². The Balaban J connectivity index is 2.66. The van der Waals surface area contributed by atoms with Gasteiger partial charge in [0.05, 0.1) is 0 Å². The van der Waals surface area contributed by atoms with E-state index in [9.17, 15) is 4.79 Å². The second kappa shape index (κ2) is 7.13. The van der Waals surface area contributed by atoms with E-state index in [0.717, 1.165) is 6.42 Å². The molecular weight excluding hydrogens is 283 g/mol. The Hall–Kier alpha value is -0.770. The monoisotopic (exact) mass is 302 g/mol. The molecule has 2 N–H and O–H groups in total.